The first-order valence-corrected chi connectivity index (χ1v) is 9.72. The Kier molecular flexibility index (Phi) is 6.10. The number of benzene rings is 1. The SMILES string of the molecule is O=C(NNC(=O)c1csc(N2CCOCC2)n1)c1ccc(Cl)c(I)c1. The molecule has 0 saturated carbocycles. The number of aromatic nitrogens is 1. The fraction of sp³-hybridized carbons (Fsp3) is 0.267. The molecule has 7 nitrogen and oxygen atoms in total. The Morgan fingerprint density at radius 3 is 2.68 bits per heavy atom. The molecule has 1 aromatic carbocycles. The lowest BCUT2D eigenvalue weighted by molar-refractivity contribution is 0.0844. The van der Waals surface area contributed by atoms with Gasteiger partial charge in [-0.05, 0) is 40.8 Å². The topological polar surface area (TPSA) is 83.6 Å². The minimum absolute atomic E-state index is 0.262. The fourth-order valence-corrected chi connectivity index (χ4v) is 3.65. The number of hydrogen-bond donors (Lipinski definition) is 2. The molecule has 132 valence electrons. The number of hydrazine groups is 1. The number of carbonyl (C=O) groups excluding carboxylic acids is 2. The van der Waals surface area contributed by atoms with Gasteiger partial charge in [0.15, 0.2) is 5.13 Å². The Bertz CT molecular complexity index is 795. The summed E-state index contributed by atoms with van der Waals surface area (Å²) in [4.78, 5) is 30.6. The number of amides is 2. The zero-order chi connectivity index (χ0) is 17.8. The molecule has 3 rings (SSSR count). The van der Waals surface area contributed by atoms with Crippen LogP contribution in [0.5, 0.6) is 0 Å². The highest BCUT2D eigenvalue weighted by Gasteiger charge is 2.18. The summed E-state index contributed by atoms with van der Waals surface area (Å²) in [6, 6.07) is 4.87. The van der Waals surface area contributed by atoms with Crippen molar-refractivity contribution in [3.05, 3.63) is 43.4 Å². The van der Waals surface area contributed by atoms with Crippen LogP contribution in [0.15, 0.2) is 23.6 Å². The quantitative estimate of drug-likeness (QED) is 0.508. The van der Waals surface area contributed by atoms with E-state index >= 15 is 0 Å². The smallest absolute Gasteiger partial charge is 0.289 e. The van der Waals surface area contributed by atoms with Crippen molar-refractivity contribution >= 4 is 62.5 Å². The molecular formula is C15H14ClIN4O3S. The molecule has 0 spiro atoms. The Morgan fingerprint density at radius 1 is 1.24 bits per heavy atom. The lowest BCUT2D eigenvalue weighted by Crippen LogP contribution is -2.42. The summed E-state index contributed by atoms with van der Waals surface area (Å²) in [5.74, 6) is -0.890. The number of thiazole rings is 1. The predicted octanol–water partition coefficient (Wildman–Crippen LogP) is 2.31. The second-order valence-corrected chi connectivity index (χ2v) is 7.56. The Labute approximate surface area is 166 Å². The third-order valence-corrected chi connectivity index (χ3v) is 5.92. The van der Waals surface area contributed by atoms with Crippen LogP contribution in [0, 0.1) is 3.57 Å². The van der Waals surface area contributed by atoms with E-state index in [0.29, 0.717) is 23.8 Å². The zero-order valence-corrected chi connectivity index (χ0v) is 16.7. The van der Waals surface area contributed by atoms with Crippen LogP contribution in [0.3, 0.4) is 0 Å². The lowest BCUT2D eigenvalue weighted by Gasteiger charge is -2.25. The summed E-state index contributed by atoms with van der Waals surface area (Å²) >= 11 is 9.36. The van der Waals surface area contributed by atoms with Crippen LogP contribution < -0.4 is 15.8 Å². The molecule has 10 heteroatoms. The number of rotatable bonds is 3. The van der Waals surface area contributed by atoms with Gasteiger partial charge in [0.25, 0.3) is 11.8 Å². The number of morpholine rings is 1. The highest BCUT2D eigenvalue weighted by molar-refractivity contribution is 14.1. The van der Waals surface area contributed by atoms with Crippen molar-refractivity contribution < 1.29 is 14.3 Å². The minimum Gasteiger partial charge on any atom is -0.378 e. The molecule has 1 saturated heterocycles. The van der Waals surface area contributed by atoms with Crippen LogP contribution in [-0.2, 0) is 4.74 Å². The van der Waals surface area contributed by atoms with Gasteiger partial charge in [-0.2, -0.15) is 0 Å². The molecule has 0 aliphatic carbocycles. The van der Waals surface area contributed by atoms with Gasteiger partial charge in [-0.25, -0.2) is 4.98 Å². The number of nitrogens with zero attached hydrogens (tertiary/aromatic N) is 2. The van der Waals surface area contributed by atoms with Crippen LogP contribution in [-0.4, -0.2) is 43.1 Å². The molecule has 1 aromatic heterocycles. The van der Waals surface area contributed by atoms with E-state index in [9.17, 15) is 9.59 Å². The molecule has 0 bridgehead atoms. The van der Waals surface area contributed by atoms with Crippen LogP contribution in [0.2, 0.25) is 5.02 Å². The first kappa shape index (κ1) is 18.4. The Balaban J connectivity index is 1.57. The third kappa shape index (κ3) is 4.60. The molecule has 1 fully saturated rings. The van der Waals surface area contributed by atoms with Crippen molar-refractivity contribution in [2.24, 2.45) is 0 Å². The maximum absolute atomic E-state index is 12.2. The Hall–Kier alpha value is -1.43. The number of anilines is 1. The Morgan fingerprint density at radius 2 is 1.96 bits per heavy atom. The third-order valence-electron chi connectivity index (χ3n) is 3.48. The van der Waals surface area contributed by atoms with Crippen molar-refractivity contribution in [1.82, 2.24) is 15.8 Å². The van der Waals surface area contributed by atoms with E-state index in [0.717, 1.165) is 21.8 Å². The average Bonchev–Trinajstić information content (AvgIpc) is 3.12. The van der Waals surface area contributed by atoms with Gasteiger partial charge in [-0.15, -0.1) is 11.3 Å². The van der Waals surface area contributed by atoms with Gasteiger partial charge in [0.1, 0.15) is 5.69 Å². The molecule has 0 radical (unpaired) electrons. The van der Waals surface area contributed by atoms with Gasteiger partial charge < -0.3 is 9.64 Å². The second-order valence-electron chi connectivity index (χ2n) is 5.15. The summed E-state index contributed by atoms with van der Waals surface area (Å²) in [7, 11) is 0. The normalized spacial score (nSPS) is 14.2. The minimum atomic E-state index is -0.465. The summed E-state index contributed by atoms with van der Waals surface area (Å²) in [6.45, 7) is 2.80. The van der Waals surface area contributed by atoms with Gasteiger partial charge >= 0.3 is 0 Å². The van der Waals surface area contributed by atoms with Crippen LogP contribution in [0.1, 0.15) is 20.8 Å². The lowest BCUT2D eigenvalue weighted by atomic mass is 10.2. The van der Waals surface area contributed by atoms with Gasteiger partial charge in [0, 0.05) is 27.6 Å². The second kappa shape index (κ2) is 8.30. The van der Waals surface area contributed by atoms with Crippen molar-refractivity contribution in [2.45, 2.75) is 0 Å². The summed E-state index contributed by atoms with van der Waals surface area (Å²) in [6.07, 6.45) is 0. The summed E-state index contributed by atoms with van der Waals surface area (Å²) in [5.41, 5.74) is 5.42. The van der Waals surface area contributed by atoms with E-state index in [2.05, 4.69) is 20.7 Å². The van der Waals surface area contributed by atoms with Gasteiger partial charge in [-0.1, -0.05) is 11.6 Å². The van der Waals surface area contributed by atoms with Gasteiger partial charge in [0.05, 0.1) is 18.2 Å². The van der Waals surface area contributed by atoms with E-state index in [1.54, 1.807) is 23.6 Å². The largest absolute Gasteiger partial charge is 0.378 e. The first-order chi connectivity index (χ1) is 12.0. The molecule has 1 aliphatic rings. The van der Waals surface area contributed by atoms with Gasteiger partial charge in [-0.3, -0.25) is 20.4 Å². The number of carbonyl (C=O) groups is 2. The van der Waals surface area contributed by atoms with Crippen molar-refractivity contribution in [1.29, 1.82) is 0 Å². The van der Waals surface area contributed by atoms with E-state index in [1.807, 2.05) is 22.6 Å². The molecule has 2 amide bonds. The summed E-state index contributed by atoms with van der Waals surface area (Å²) < 4.78 is 6.06. The van der Waals surface area contributed by atoms with Crippen molar-refractivity contribution in [3.8, 4) is 0 Å². The fourth-order valence-electron chi connectivity index (χ4n) is 2.16. The standard InChI is InChI=1S/C15H14ClIN4O3S/c16-10-2-1-9(7-11(10)17)13(22)19-20-14(23)12-8-25-15(18-12)21-3-5-24-6-4-21/h1-2,7-8H,3-6H2,(H,19,22)(H,20,23). The molecule has 1 aliphatic heterocycles. The monoisotopic (exact) mass is 492 g/mol. The highest BCUT2D eigenvalue weighted by atomic mass is 127. The van der Waals surface area contributed by atoms with E-state index in [1.165, 1.54) is 11.3 Å². The number of nitrogens with one attached hydrogen (secondary N) is 2. The molecule has 25 heavy (non-hydrogen) atoms. The van der Waals surface area contributed by atoms with Crippen molar-refractivity contribution in [3.63, 3.8) is 0 Å². The van der Waals surface area contributed by atoms with Crippen molar-refractivity contribution in [2.75, 3.05) is 31.2 Å². The molecule has 0 unspecified atom stereocenters. The predicted molar refractivity (Wildman–Crippen MR) is 104 cm³/mol. The zero-order valence-electron chi connectivity index (χ0n) is 12.9. The molecular weight excluding hydrogens is 479 g/mol. The maximum atomic E-state index is 12.2. The van der Waals surface area contributed by atoms with E-state index < -0.39 is 11.8 Å². The van der Waals surface area contributed by atoms with Crippen LogP contribution in [0.4, 0.5) is 5.13 Å². The van der Waals surface area contributed by atoms with Crippen LogP contribution in [0.25, 0.3) is 0 Å². The molecule has 2 N–H and O–H groups in total. The van der Waals surface area contributed by atoms with E-state index in [4.69, 9.17) is 16.3 Å². The maximum Gasteiger partial charge on any atom is 0.289 e. The molecule has 0 atom stereocenters. The molecule has 2 heterocycles. The number of ether oxygens (including phenoxy) is 1. The number of halogens is 2. The van der Waals surface area contributed by atoms with Gasteiger partial charge in [0.2, 0.25) is 0 Å². The van der Waals surface area contributed by atoms with E-state index in [-0.39, 0.29) is 5.69 Å². The highest BCUT2D eigenvalue weighted by Crippen LogP contribution is 2.21. The first-order valence-electron chi connectivity index (χ1n) is 7.38. The van der Waals surface area contributed by atoms with Crippen LogP contribution >= 0.6 is 45.5 Å². The molecule has 2 aromatic rings. The number of hydrogen-bond acceptors (Lipinski definition) is 6. The summed E-state index contributed by atoms with van der Waals surface area (Å²) in [5, 5.41) is 3.00. The average molecular weight is 493 g/mol.